The number of hydrogen-bond acceptors (Lipinski definition) is 3. The van der Waals surface area contributed by atoms with Crippen molar-refractivity contribution in [2.45, 2.75) is 64.5 Å². The van der Waals surface area contributed by atoms with Crippen LogP contribution < -0.4 is 0 Å². The Kier molecular flexibility index (Phi) is 6.49. The van der Waals surface area contributed by atoms with Gasteiger partial charge in [0.05, 0.1) is 19.0 Å². The Hall–Kier alpha value is -0.583. The van der Waals surface area contributed by atoms with Crippen LogP contribution in [0.25, 0.3) is 0 Å². The van der Waals surface area contributed by atoms with Gasteiger partial charge in [-0.2, -0.15) is 0 Å². The third kappa shape index (κ3) is 5.81. The molecule has 0 aromatic carbocycles. The fraction of sp³-hybridized carbons (Fsp3) is 0.750. The van der Waals surface area contributed by atoms with E-state index in [-0.39, 0.29) is 11.3 Å². The molecule has 1 aliphatic heterocycles. The second-order valence-electron chi connectivity index (χ2n) is 6.83. The van der Waals surface area contributed by atoms with Gasteiger partial charge in [0.1, 0.15) is 0 Å². The summed E-state index contributed by atoms with van der Waals surface area (Å²) in [5, 5.41) is 0.209. The van der Waals surface area contributed by atoms with Gasteiger partial charge in [-0.05, 0) is 43.5 Å². The first-order chi connectivity index (χ1) is 9.22. The fourth-order valence-corrected chi connectivity index (χ4v) is 2.74. The molecule has 1 fully saturated rings. The number of unbranched alkanes of at least 4 members (excludes halogenated alkanes) is 1. The van der Waals surface area contributed by atoms with Crippen LogP contribution in [0, 0.1) is 0 Å². The van der Waals surface area contributed by atoms with E-state index in [1.54, 1.807) is 0 Å². The summed E-state index contributed by atoms with van der Waals surface area (Å²) in [6.45, 7) is 16.6. The standard InChI is InChI=1S/C16H30O3Si/c1-14(19-20(5,6)16(2,3)4)10-8-7-9-11-15-17-12-13-18-15/h8,10,15H,1,7,9,11-13H2,2-6H3/b10-8+. The van der Waals surface area contributed by atoms with E-state index in [1.807, 2.05) is 6.08 Å². The first-order valence-electron chi connectivity index (χ1n) is 7.50. The molecule has 1 saturated heterocycles. The normalized spacial score (nSPS) is 17.9. The molecule has 0 aromatic rings. The van der Waals surface area contributed by atoms with Gasteiger partial charge >= 0.3 is 0 Å². The highest BCUT2D eigenvalue weighted by Crippen LogP contribution is 2.37. The van der Waals surface area contributed by atoms with Gasteiger partial charge in [0.25, 0.3) is 0 Å². The van der Waals surface area contributed by atoms with Crippen molar-refractivity contribution in [2.24, 2.45) is 0 Å². The summed E-state index contributed by atoms with van der Waals surface area (Å²) in [7, 11) is -1.75. The van der Waals surface area contributed by atoms with Crippen molar-refractivity contribution in [1.82, 2.24) is 0 Å². The molecule has 0 N–H and O–H groups in total. The molecule has 0 radical (unpaired) electrons. The van der Waals surface area contributed by atoms with Crippen molar-refractivity contribution in [2.75, 3.05) is 13.2 Å². The molecule has 0 unspecified atom stereocenters. The highest BCUT2D eigenvalue weighted by molar-refractivity contribution is 6.74. The van der Waals surface area contributed by atoms with Crippen LogP contribution in [0.2, 0.25) is 18.1 Å². The third-order valence-corrected chi connectivity index (χ3v) is 8.38. The predicted octanol–water partition coefficient (Wildman–Crippen LogP) is 4.62. The minimum atomic E-state index is -1.75. The van der Waals surface area contributed by atoms with Gasteiger partial charge in [0.2, 0.25) is 8.32 Å². The second kappa shape index (κ2) is 7.43. The van der Waals surface area contributed by atoms with Crippen LogP contribution in [0.15, 0.2) is 24.5 Å². The summed E-state index contributed by atoms with van der Waals surface area (Å²) in [4.78, 5) is 0. The monoisotopic (exact) mass is 298 g/mol. The second-order valence-corrected chi connectivity index (χ2v) is 11.6. The van der Waals surface area contributed by atoms with Crippen LogP contribution in [-0.4, -0.2) is 27.8 Å². The minimum absolute atomic E-state index is 0.00934. The van der Waals surface area contributed by atoms with Gasteiger partial charge in [0, 0.05) is 0 Å². The minimum Gasteiger partial charge on any atom is -0.544 e. The summed E-state index contributed by atoms with van der Waals surface area (Å²) in [5.74, 6) is 0.782. The first kappa shape index (κ1) is 17.5. The Morgan fingerprint density at radius 3 is 2.45 bits per heavy atom. The lowest BCUT2D eigenvalue weighted by atomic mass is 10.2. The Morgan fingerprint density at radius 1 is 1.30 bits per heavy atom. The molecule has 0 atom stereocenters. The van der Waals surface area contributed by atoms with Crippen LogP contribution in [-0.2, 0) is 13.9 Å². The van der Waals surface area contributed by atoms with Crippen molar-refractivity contribution in [1.29, 1.82) is 0 Å². The molecule has 1 heterocycles. The molecule has 1 aliphatic rings. The van der Waals surface area contributed by atoms with Crippen LogP contribution >= 0.6 is 0 Å². The average molecular weight is 298 g/mol. The van der Waals surface area contributed by atoms with Gasteiger partial charge in [0.15, 0.2) is 6.29 Å². The number of ether oxygens (including phenoxy) is 2. The van der Waals surface area contributed by atoms with E-state index in [0.717, 1.165) is 38.2 Å². The Balaban J connectivity index is 2.22. The summed E-state index contributed by atoms with van der Waals surface area (Å²) < 4.78 is 16.9. The molecule has 4 heteroatoms. The van der Waals surface area contributed by atoms with E-state index in [4.69, 9.17) is 13.9 Å². The lowest BCUT2D eigenvalue weighted by Gasteiger charge is -2.36. The number of rotatable bonds is 7. The van der Waals surface area contributed by atoms with Crippen molar-refractivity contribution in [3.8, 4) is 0 Å². The average Bonchev–Trinajstić information content (AvgIpc) is 2.79. The molecule has 0 aromatic heterocycles. The Labute approximate surface area is 125 Å². The van der Waals surface area contributed by atoms with E-state index < -0.39 is 8.32 Å². The maximum atomic E-state index is 6.09. The molecular weight excluding hydrogens is 268 g/mol. The van der Waals surface area contributed by atoms with Gasteiger partial charge in [-0.3, -0.25) is 0 Å². The third-order valence-electron chi connectivity index (χ3n) is 4.00. The predicted molar refractivity (Wildman–Crippen MR) is 86.1 cm³/mol. The zero-order chi connectivity index (χ0) is 15.2. The molecular formula is C16H30O3Si. The van der Waals surface area contributed by atoms with Crippen molar-refractivity contribution in [3.63, 3.8) is 0 Å². The molecule has 0 saturated carbocycles. The van der Waals surface area contributed by atoms with Crippen LogP contribution in [0.3, 0.4) is 0 Å². The maximum absolute atomic E-state index is 6.09. The van der Waals surface area contributed by atoms with Crippen molar-refractivity contribution in [3.05, 3.63) is 24.5 Å². The van der Waals surface area contributed by atoms with E-state index in [2.05, 4.69) is 46.5 Å². The summed E-state index contributed by atoms with van der Waals surface area (Å²) in [6, 6.07) is 0. The summed E-state index contributed by atoms with van der Waals surface area (Å²) in [6.07, 6.45) is 7.16. The topological polar surface area (TPSA) is 27.7 Å². The highest BCUT2D eigenvalue weighted by Gasteiger charge is 2.38. The van der Waals surface area contributed by atoms with Crippen LogP contribution in [0.1, 0.15) is 40.0 Å². The van der Waals surface area contributed by atoms with E-state index >= 15 is 0 Å². The maximum Gasteiger partial charge on any atom is 0.250 e. The largest absolute Gasteiger partial charge is 0.544 e. The van der Waals surface area contributed by atoms with E-state index in [1.165, 1.54) is 0 Å². The van der Waals surface area contributed by atoms with Crippen molar-refractivity contribution < 1.29 is 13.9 Å². The quantitative estimate of drug-likeness (QED) is 0.297. The van der Waals surface area contributed by atoms with Gasteiger partial charge in [-0.25, -0.2) is 0 Å². The van der Waals surface area contributed by atoms with Crippen molar-refractivity contribution >= 4 is 8.32 Å². The van der Waals surface area contributed by atoms with E-state index in [9.17, 15) is 0 Å². The molecule has 0 amide bonds. The van der Waals surface area contributed by atoms with Crippen LogP contribution in [0.4, 0.5) is 0 Å². The molecule has 3 nitrogen and oxygen atoms in total. The molecule has 0 aliphatic carbocycles. The Morgan fingerprint density at radius 2 is 1.90 bits per heavy atom. The van der Waals surface area contributed by atoms with Gasteiger partial charge in [-0.15, -0.1) is 0 Å². The SMILES string of the molecule is C=C(/C=C/CCCC1OCCO1)O[Si](C)(C)C(C)(C)C. The Bertz CT molecular complexity index is 336. The summed E-state index contributed by atoms with van der Waals surface area (Å²) in [5.41, 5.74) is 0. The number of hydrogen-bond donors (Lipinski definition) is 0. The summed E-state index contributed by atoms with van der Waals surface area (Å²) >= 11 is 0. The highest BCUT2D eigenvalue weighted by atomic mass is 28.4. The van der Waals surface area contributed by atoms with Crippen LogP contribution in [0.5, 0.6) is 0 Å². The smallest absolute Gasteiger partial charge is 0.250 e. The van der Waals surface area contributed by atoms with E-state index in [0.29, 0.717) is 0 Å². The molecule has 0 spiro atoms. The zero-order valence-electron chi connectivity index (χ0n) is 13.7. The molecule has 116 valence electrons. The lowest BCUT2D eigenvalue weighted by Crippen LogP contribution is -2.40. The lowest BCUT2D eigenvalue weighted by molar-refractivity contribution is -0.0474. The number of allylic oxidation sites excluding steroid dienone is 2. The molecule has 0 bridgehead atoms. The first-order valence-corrected chi connectivity index (χ1v) is 10.4. The molecule has 1 rings (SSSR count). The molecule has 20 heavy (non-hydrogen) atoms. The van der Waals surface area contributed by atoms with Gasteiger partial charge < -0.3 is 13.9 Å². The van der Waals surface area contributed by atoms with Gasteiger partial charge in [-0.1, -0.05) is 33.4 Å². The fourth-order valence-electron chi connectivity index (χ4n) is 1.71. The zero-order valence-corrected chi connectivity index (χ0v) is 14.7.